The number of hydrogen-bond donors (Lipinski definition) is 1. The Hall–Kier alpha value is -0.380. The molecule has 0 atom stereocenters. The zero-order chi connectivity index (χ0) is 9.68. The second kappa shape index (κ2) is 5.37. The van der Waals surface area contributed by atoms with Crippen molar-refractivity contribution in [3.05, 3.63) is 12.2 Å². The third kappa shape index (κ3) is 4.41. The van der Waals surface area contributed by atoms with Gasteiger partial charge in [0.2, 0.25) is 0 Å². The molecule has 1 saturated carbocycles. The average molecular weight is 186 g/mol. The van der Waals surface area contributed by atoms with Crippen molar-refractivity contribution < 1.29 is 14.9 Å². The summed E-state index contributed by atoms with van der Waals surface area (Å²) in [6, 6.07) is 0. The average Bonchev–Trinajstić information content (AvgIpc) is 2.08. The van der Waals surface area contributed by atoms with Gasteiger partial charge in [-0.15, -0.1) is 0 Å². The van der Waals surface area contributed by atoms with Gasteiger partial charge in [-0.3, -0.25) is 0 Å². The number of hydrogen-bond acceptors (Lipinski definition) is 3. The number of aliphatic hydroxyl groups excluding tert-OH is 1. The summed E-state index contributed by atoms with van der Waals surface area (Å²) >= 11 is 0. The predicted octanol–water partition coefficient (Wildman–Crippen LogP) is 1.81. The minimum Gasteiger partial charge on any atom is -0.393 e. The molecule has 0 unspecified atom stereocenters. The van der Waals surface area contributed by atoms with Gasteiger partial charge in [0.1, 0.15) is 6.61 Å². The molecule has 0 saturated heterocycles. The first kappa shape index (κ1) is 10.7. The fourth-order valence-electron chi connectivity index (χ4n) is 1.37. The molecule has 0 amide bonds. The van der Waals surface area contributed by atoms with Crippen molar-refractivity contribution in [1.82, 2.24) is 0 Å². The van der Waals surface area contributed by atoms with Crippen LogP contribution in [0.25, 0.3) is 0 Å². The van der Waals surface area contributed by atoms with E-state index in [0.717, 1.165) is 31.3 Å². The van der Waals surface area contributed by atoms with Crippen LogP contribution in [0.2, 0.25) is 0 Å². The fourth-order valence-corrected chi connectivity index (χ4v) is 1.37. The SMILES string of the molecule is C=C(C)COOC1CCC(O)CC1. The topological polar surface area (TPSA) is 38.7 Å². The van der Waals surface area contributed by atoms with Crippen LogP contribution in [-0.4, -0.2) is 23.9 Å². The Morgan fingerprint density at radius 2 is 2.00 bits per heavy atom. The molecule has 0 bridgehead atoms. The summed E-state index contributed by atoms with van der Waals surface area (Å²) in [6.07, 6.45) is 3.43. The van der Waals surface area contributed by atoms with Crippen LogP contribution in [0.4, 0.5) is 0 Å². The molecular weight excluding hydrogens is 168 g/mol. The molecule has 1 aliphatic carbocycles. The lowest BCUT2D eigenvalue weighted by atomic mass is 9.95. The number of aliphatic hydroxyl groups is 1. The minimum absolute atomic E-state index is 0.138. The molecule has 1 N–H and O–H groups in total. The van der Waals surface area contributed by atoms with E-state index in [9.17, 15) is 5.11 Å². The molecular formula is C10H18O3. The van der Waals surface area contributed by atoms with E-state index in [-0.39, 0.29) is 12.2 Å². The van der Waals surface area contributed by atoms with Gasteiger partial charge in [0.15, 0.2) is 0 Å². The van der Waals surface area contributed by atoms with Gasteiger partial charge in [-0.2, -0.15) is 0 Å². The molecule has 1 aliphatic rings. The second-order valence-electron chi connectivity index (χ2n) is 3.75. The van der Waals surface area contributed by atoms with Crippen LogP contribution in [0.5, 0.6) is 0 Å². The highest BCUT2D eigenvalue weighted by Crippen LogP contribution is 2.21. The summed E-state index contributed by atoms with van der Waals surface area (Å²) in [5.41, 5.74) is 0.954. The van der Waals surface area contributed by atoms with Crippen LogP contribution >= 0.6 is 0 Å². The number of rotatable bonds is 4. The molecule has 3 nitrogen and oxygen atoms in total. The molecule has 0 spiro atoms. The zero-order valence-corrected chi connectivity index (χ0v) is 8.16. The lowest BCUT2D eigenvalue weighted by Gasteiger charge is -2.24. The smallest absolute Gasteiger partial charge is 0.103 e. The van der Waals surface area contributed by atoms with Crippen molar-refractivity contribution in [2.45, 2.75) is 44.8 Å². The van der Waals surface area contributed by atoms with Gasteiger partial charge in [-0.25, -0.2) is 9.78 Å². The first-order valence-corrected chi connectivity index (χ1v) is 4.79. The van der Waals surface area contributed by atoms with Crippen LogP contribution in [0, 0.1) is 0 Å². The van der Waals surface area contributed by atoms with Crippen LogP contribution in [0.15, 0.2) is 12.2 Å². The minimum atomic E-state index is -0.138. The van der Waals surface area contributed by atoms with Crippen molar-refractivity contribution in [1.29, 1.82) is 0 Å². The predicted molar refractivity (Wildman–Crippen MR) is 50.1 cm³/mol. The van der Waals surface area contributed by atoms with Gasteiger partial charge in [-0.05, 0) is 32.6 Å². The molecule has 0 aromatic heterocycles. The van der Waals surface area contributed by atoms with Gasteiger partial charge < -0.3 is 5.11 Å². The lowest BCUT2D eigenvalue weighted by Crippen LogP contribution is -2.24. The Labute approximate surface area is 79.3 Å². The van der Waals surface area contributed by atoms with E-state index in [0.29, 0.717) is 6.61 Å². The third-order valence-electron chi connectivity index (χ3n) is 2.15. The molecule has 0 heterocycles. The monoisotopic (exact) mass is 186 g/mol. The zero-order valence-electron chi connectivity index (χ0n) is 8.16. The van der Waals surface area contributed by atoms with E-state index < -0.39 is 0 Å². The highest BCUT2D eigenvalue weighted by atomic mass is 17.2. The highest BCUT2D eigenvalue weighted by Gasteiger charge is 2.20. The first-order valence-electron chi connectivity index (χ1n) is 4.79. The summed E-state index contributed by atoms with van der Waals surface area (Å²) in [6.45, 7) is 6.06. The Bertz CT molecular complexity index is 160. The van der Waals surface area contributed by atoms with Crippen molar-refractivity contribution in [2.75, 3.05) is 6.61 Å². The Kier molecular flexibility index (Phi) is 4.42. The summed E-state index contributed by atoms with van der Waals surface area (Å²) in [5.74, 6) is 0. The van der Waals surface area contributed by atoms with E-state index in [4.69, 9.17) is 9.78 Å². The van der Waals surface area contributed by atoms with E-state index in [1.807, 2.05) is 6.92 Å². The van der Waals surface area contributed by atoms with Crippen LogP contribution in [0.1, 0.15) is 32.6 Å². The van der Waals surface area contributed by atoms with E-state index in [1.54, 1.807) is 0 Å². The van der Waals surface area contributed by atoms with Crippen LogP contribution in [0.3, 0.4) is 0 Å². The molecule has 76 valence electrons. The van der Waals surface area contributed by atoms with Crippen molar-refractivity contribution >= 4 is 0 Å². The summed E-state index contributed by atoms with van der Waals surface area (Å²) < 4.78 is 0. The Balaban J connectivity index is 2.05. The third-order valence-corrected chi connectivity index (χ3v) is 2.15. The first-order chi connectivity index (χ1) is 6.18. The van der Waals surface area contributed by atoms with Crippen LogP contribution < -0.4 is 0 Å². The molecule has 0 aromatic carbocycles. The largest absolute Gasteiger partial charge is 0.393 e. The summed E-state index contributed by atoms with van der Waals surface area (Å²) in [4.78, 5) is 10.2. The van der Waals surface area contributed by atoms with E-state index in [1.165, 1.54) is 0 Å². The Morgan fingerprint density at radius 3 is 2.54 bits per heavy atom. The molecule has 0 aromatic rings. The maximum atomic E-state index is 9.23. The molecule has 3 heteroatoms. The van der Waals surface area contributed by atoms with E-state index in [2.05, 4.69) is 6.58 Å². The Morgan fingerprint density at radius 1 is 1.38 bits per heavy atom. The molecule has 0 radical (unpaired) electrons. The van der Waals surface area contributed by atoms with E-state index >= 15 is 0 Å². The van der Waals surface area contributed by atoms with Crippen molar-refractivity contribution in [2.24, 2.45) is 0 Å². The molecule has 1 rings (SSSR count). The quantitative estimate of drug-likeness (QED) is 0.413. The van der Waals surface area contributed by atoms with Gasteiger partial charge in [0, 0.05) is 0 Å². The molecule has 1 fully saturated rings. The molecule has 13 heavy (non-hydrogen) atoms. The summed E-state index contributed by atoms with van der Waals surface area (Å²) in [5, 5.41) is 9.23. The maximum Gasteiger partial charge on any atom is 0.103 e. The van der Waals surface area contributed by atoms with Gasteiger partial charge in [0.05, 0.1) is 12.2 Å². The lowest BCUT2D eigenvalue weighted by molar-refractivity contribution is -0.324. The standard InChI is InChI=1S/C10H18O3/c1-8(2)7-12-13-10-5-3-9(11)4-6-10/h9-11H,1,3-7H2,2H3. The summed E-state index contributed by atoms with van der Waals surface area (Å²) in [7, 11) is 0. The highest BCUT2D eigenvalue weighted by molar-refractivity contribution is 4.86. The van der Waals surface area contributed by atoms with Gasteiger partial charge >= 0.3 is 0 Å². The molecule has 0 aliphatic heterocycles. The van der Waals surface area contributed by atoms with Crippen molar-refractivity contribution in [3.8, 4) is 0 Å². The van der Waals surface area contributed by atoms with Crippen molar-refractivity contribution in [3.63, 3.8) is 0 Å². The van der Waals surface area contributed by atoms with Crippen LogP contribution in [-0.2, 0) is 9.78 Å². The van der Waals surface area contributed by atoms with Gasteiger partial charge in [-0.1, -0.05) is 12.2 Å². The fraction of sp³-hybridized carbons (Fsp3) is 0.800. The second-order valence-corrected chi connectivity index (χ2v) is 3.75. The maximum absolute atomic E-state index is 9.23. The van der Waals surface area contributed by atoms with Gasteiger partial charge in [0.25, 0.3) is 0 Å². The normalized spacial score (nSPS) is 28.8.